The number of hydrogen-bond acceptors (Lipinski definition) is 5. The number of hydrogen-bond donors (Lipinski definition) is 2. The molecular weight excluding hydrogens is 432 g/mol. The van der Waals surface area contributed by atoms with Crippen LogP contribution in [0.4, 0.5) is 4.79 Å². The molecule has 34 heavy (non-hydrogen) atoms. The number of nitrogens with one attached hydrogen (secondary N) is 2. The van der Waals surface area contributed by atoms with E-state index in [0.29, 0.717) is 17.8 Å². The molecule has 4 saturated carbocycles. The lowest BCUT2D eigenvalue weighted by molar-refractivity contribution is -0.144. The van der Waals surface area contributed by atoms with Crippen LogP contribution >= 0.6 is 0 Å². The van der Waals surface area contributed by atoms with Gasteiger partial charge in [-0.15, -0.1) is 0 Å². The summed E-state index contributed by atoms with van der Waals surface area (Å²) < 4.78 is 7.15. The summed E-state index contributed by atoms with van der Waals surface area (Å²) in [6.07, 6.45) is 9.16. The van der Waals surface area contributed by atoms with Crippen LogP contribution in [0.3, 0.4) is 0 Å². The summed E-state index contributed by atoms with van der Waals surface area (Å²) in [6, 6.07) is 3.23. The molecule has 8 nitrogen and oxygen atoms in total. The van der Waals surface area contributed by atoms with Crippen LogP contribution in [0.25, 0.3) is 6.08 Å². The van der Waals surface area contributed by atoms with Crippen molar-refractivity contribution in [3.05, 3.63) is 28.6 Å². The van der Waals surface area contributed by atoms with Gasteiger partial charge in [0.2, 0.25) is 0 Å². The van der Waals surface area contributed by atoms with E-state index >= 15 is 0 Å². The Labute approximate surface area is 200 Å². The first-order chi connectivity index (χ1) is 16.2. The van der Waals surface area contributed by atoms with Crippen LogP contribution in [-0.2, 0) is 20.9 Å². The van der Waals surface area contributed by atoms with E-state index in [1.807, 2.05) is 26.0 Å². The van der Waals surface area contributed by atoms with Crippen molar-refractivity contribution in [3.8, 4) is 6.07 Å². The number of carbonyl (C=O) groups excluding carboxylic acids is 3. The van der Waals surface area contributed by atoms with Crippen LogP contribution < -0.4 is 10.6 Å². The molecule has 0 saturated heterocycles. The first kappa shape index (κ1) is 24.1. The highest BCUT2D eigenvalue weighted by molar-refractivity contribution is 6.00. The second kappa shape index (κ2) is 9.65. The summed E-state index contributed by atoms with van der Waals surface area (Å²) in [5, 5.41) is 14.8. The van der Waals surface area contributed by atoms with Crippen LogP contribution in [0.1, 0.15) is 68.8 Å². The second-order valence-electron chi connectivity index (χ2n) is 10.4. The molecule has 0 atom stereocenters. The van der Waals surface area contributed by atoms with Crippen molar-refractivity contribution in [2.24, 2.45) is 17.8 Å². The van der Waals surface area contributed by atoms with E-state index in [0.717, 1.165) is 49.2 Å². The lowest BCUT2D eigenvalue weighted by atomic mass is 9.53. The van der Waals surface area contributed by atoms with E-state index in [-0.39, 0.29) is 11.1 Å². The molecule has 2 N–H and O–H groups in total. The lowest BCUT2D eigenvalue weighted by Gasteiger charge is -2.56. The average molecular weight is 467 g/mol. The molecule has 0 radical (unpaired) electrons. The highest BCUT2D eigenvalue weighted by Crippen LogP contribution is 2.55. The fourth-order valence-electron chi connectivity index (χ4n) is 6.74. The van der Waals surface area contributed by atoms with Crippen molar-refractivity contribution >= 4 is 24.0 Å². The first-order valence-corrected chi connectivity index (χ1v) is 12.3. The summed E-state index contributed by atoms with van der Waals surface area (Å²) in [7, 11) is 0. The van der Waals surface area contributed by atoms with Gasteiger partial charge in [0.1, 0.15) is 11.6 Å². The minimum absolute atomic E-state index is 0.192. The fraction of sp³-hybridized carbons (Fsp3) is 0.615. The maximum atomic E-state index is 12.5. The zero-order valence-corrected chi connectivity index (χ0v) is 20.3. The normalized spacial score (nSPS) is 27.2. The van der Waals surface area contributed by atoms with Gasteiger partial charge >= 0.3 is 12.0 Å². The van der Waals surface area contributed by atoms with E-state index in [9.17, 15) is 19.6 Å². The number of urea groups is 1. The minimum Gasteiger partial charge on any atom is -0.451 e. The van der Waals surface area contributed by atoms with Gasteiger partial charge in [0.25, 0.3) is 5.91 Å². The second-order valence-corrected chi connectivity index (χ2v) is 10.4. The third-order valence-electron chi connectivity index (χ3n) is 7.70. The van der Waals surface area contributed by atoms with Gasteiger partial charge in [-0.1, -0.05) is 6.92 Å². The monoisotopic (exact) mass is 466 g/mol. The Morgan fingerprint density at radius 1 is 1.18 bits per heavy atom. The number of imide groups is 1. The molecule has 0 aromatic carbocycles. The molecule has 8 heteroatoms. The largest absolute Gasteiger partial charge is 0.451 e. The van der Waals surface area contributed by atoms with Gasteiger partial charge in [0.15, 0.2) is 6.61 Å². The van der Waals surface area contributed by atoms with Crippen LogP contribution in [0.5, 0.6) is 0 Å². The molecule has 4 bridgehead atoms. The van der Waals surface area contributed by atoms with Crippen LogP contribution in [0.2, 0.25) is 0 Å². The van der Waals surface area contributed by atoms with Crippen LogP contribution in [0.15, 0.2) is 11.6 Å². The minimum atomic E-state index is -0.889. The molecule has 1 aromatic rings. The molecule has 0 unspecified atom stereocenters. The molecule has 0 aliphatic heterocycles. The van der Waals surface area contributed by atoms with Crippen molar-refractivity contribution in [1.29, 1.82) is 5.26 Å². The lowest BCUT2D eigenvalue weighted by Crippen LogP contribution is -2.62. The number of aryl methyl sites for hydroxylation is 1. The van der Waals surface area contributed by atoms with Gasteiger partial charge in [0, 0.05) is 23.5 Å². The van der Waals surface area contributed by atoms with E-state index < -0.39 is 24.5 Å². The zero-order chi connectivity index (χ0) is 24.5. The predicted octanol–water partition coefficient (Wildman–Crippen LogP) is 3.76. The number of esters is 1. The van der Waals surface area contributed by atoms with Gasteiger partial charge < -0.3 is 14.6 Å². The Hall–Kier alpha value is -3.08. The topological polar surface area (TPSA) is 113 Å². The number of ether oxygens (including phenoxy) is 1. The standard InChI is InChI=1S/C26H34N4O4/c1-4-5-30-16(2)6-21(17(30)3)10-22(14-27)24(32)34-15-23(31)28-25(33)29-26-11-18-7-19(12-26)9-20(8-18)13-26/h6,10,18-20H,4-5,7-9,11-13,15H2,1-3H3,(H2,28,29,31,33)/b22-10-. The van der Waals surface area contributed by atoms with E-state index in [2.05, 4.69) is 22.1 Å². The van der Waals surface area contributed by atoms with E-state index in [1.54, 1.807) is 0 Å². The molecule has 4 fully saturated rings. The summed E-state index contributed by atoms with van der Waals surface area (Å²) in [5.74, 6) is 0.413. The van der Waals surface area contributed by atoms with Crippen molar-refractivity contribution in [3.63, 3.8) is 0 Å². The van der Waals surface area contributed by atoms with Crippen LogP contribution in [-0.4, -0.2) is 34.6 Å². The predicted molar refractivity (Wildman–Crippen MR) is 126 cm³/mol. The van der Waals surface area contributed by atoms with Gasteiger partial charge in [0.05, 0.1) is 0 Å². The molecule has 4 aliphatic rings. The highest BCUT2D eigenvalue weighted by atomic mass is 16.5. The summed E-state index contributed by atoms with van der Waals surface area (Å²) in [6.45, 7) is 6.22. The quantitative estimate of drug-likeness (QED) is 0.361. The van der Waals surface area contributed by atoms with Gasteiger partial charge in [-0.05, 0) is 94.3 Å². The van der Waals surface area contributed by atoms with Crippen molar-refractivity contribution in [1.82, 2.24) is 15.2 Å². The molecule has 5 rings (SSSR count). The first-order valence-electron chi connectivity index (χ1n) is 12.3. The Kier molecular flexibility index (Phi) is 6.83. The van der Waals surface area contributed by atoms with Crippen LogP contribution in [0, 0.1) is 42.9 Å². The van der Waals surface area contributed by atoms with Gasteiger partial charge in [-0.2, -0.15) is 5.26 Å². The fourth-order valence-corrected chi connectivity index (χ4v) is 6.74. The molecule has 1 heterocycles. The van der Waals surface area contributed by atoms with Crippen molar-refractivity contribution < 1.29 is 19.1 Å². The van der Waals surface area contributed by atoms with Gasteiger partial charge in [-0.3, -0.25) is 10.1 Å². The zero-order valence-electron chi connectivity index (χ0n) is 20.3. The number of amides is 3. The molecule has 0 spiro atoms. The molecule has 182 valence electrons. The van der Waals surface area contributed by atoms with Gasteiger partial charge in [-0.25, -0.2) is 9.59 Å². The maximum absolute atomic E-state index is 12.5. The Balaban J connectivity index is 1.30. The number of rotatable bonds is 7. The Morgan fingerprint density at radius 3 is 2.35 bits per heavy atom. The summed E-state index contributed by atoms with van der Waals surface area (Å²) in [4.78, 5) is 37.1. The number of nitriles is 1. The van der Waals surface area contributed by atoms with E-state index in [4.69, 9.17) is 4.74 Å². The highest BCUT2D eigenvalue weighted by Gasteiger charge is 2.51. The smallest absolute Gasteiger partial charge is 0.349 e. The summed E-state index contributed by atoms with van der Waals surface area (Å²) in [5.41, 5.74) is 2.36. The number of carbonyl (C=O) groups is 3. The Bertz CT molecular complexity index is 1030. The molecule has 1 aromatic heterocycles. The number of nitrogens with zero attached hydrogens (tertiary/aromatic N) is 2. The van der Waals surface area contributed by atoms with Crippen molar-refractivity contribution in [2.75, 3.05) is 6.61 Å². The van der Waals surface area contributed by atoms with E-state index in [1.165, 1.54) is 25.3 Å². The molecule has 4 aliphatic carbocycles. The maximum Gasteiger partial charge on any atom is 0.349 e. The van der Waals surface area contributed by atoms with Crippen molar-refractivity contribution in [2.45, 2.75) is 77.8 Å². The third kappa shape index (κ3) is 5.03. The Morgan fingerprint density at radius 2 is 1.79 bits per heavy atom. The SMILES string of the molecule is CCCn1c(C)cc(/C=C(/C#N)C(=O)OCC(=O)NC(=O)NC23CC4CC(CC(C4)C2)C3)c1C. The summed E-state index contributed by atoms with van der Waals surface area (Å²) >= 11 is 0. The molecule has 3 amide bonds. The molecular formula is C26H34N4O4. The number of aromatic nitrogens is 1. The third-order valence-corrected chi connectivity index (χ3v) is 7.70. The average Bonchev–Trinajstić information content (AvgIpc) is 3.02.